The van der Waals surface area contributed by atoms with Crippen molar-refractivity contribution in [3.8, 4) is 34.1 Å². The number of nitrogens with zero attached hydrogens (tertiary/aromatic N) is 4. The van der Waals surface area contributed by atoms with Crippen LogP contribution in [0, 0.1) is 13.8 Å². The van der Waals surface area contributed by atoms with Crippen molar-refractivity contribution in [1.82, 2.24) is 41.0 Å². The smallest absolute Gasteiger partial charge is 0.320 e. The topological polar surface area (TPSA) is 259 Å². The van der Waals surface area contributed by atoms with E-state index >= 15 is 0 Å². The molecule has 72 heavy (non-hydrogen) atoms. The number of aliphatic hydroxyl groups is 2. The van der Waals surface area contributed by atoms with Gasteiger partial charge in [-0.05, 0) is 84.3 Å². The number of hydrogen-bond donors (Lipinski definition) is 8. The molecular formula is C52H52Cl2N8O10. The number of pyridine rings is 2. The van der Waals surface area contributed by atoms with Gasteiger partial charge in [-0.1, -0.05) is 59.6 Å². The van der Waals surface area contributed by atoms with Crippen LogP contribution in [0.1, 0.15) is 57.3 Å². The van der Waals surface area contributed by atoms with Gasteiger partial charge in [0.1, 0.15) is 61.5 Å². The van der Waals surface area contributed by atoms with Crippen molar-refractivity contribution < 1.29 is 49.0 Å². The van der Waals surface area contributed by atoms with Crippen LogP contribution in [-0.4, -0.2) is 88.0 Å². The number of fused-ring (bicyclic) bond motifs is 2. The van der Waals surface area contributed by atoms with Gasteiger partial charge in [-0.15, -0.1) is 0 Å². The van der Waals surface area contributed by atoms with Crippen LogP contribution < -0.4 is 29.6 Å². The van der Waals surface area contributed by atoms with Gasteiger partial charge in [-0.25, -0.2) is 9.97 Å². The van der Waals surface area contributed by atoms with Crippen LogP contribution in [0.5, 0.6) is 23.0 Å². The highest BCUT2D eigenvalue weighted by molar-refractivity contribution is 6.32. The molecule has 0 aliphatic rings. The van der Waals surface area contributed by atoms with Gasteiger partial charge in [-0.3, -0.25) is 19.8 Å². The van der Waals surface area contributed by atoms with Crippen molar-refractivity contribution in [2.45, 2.75) is 78.3 Å². The summed E-state index contributed by atoms with van der Waals surface area (Å²) in [6.45, 7) is 4.26. The third-order valence-electron chi connectivity index (χ3n) is 12.2. The highest BCUT2D eigenvalue weighted by Crippen LogP contribution is 2.38. The van der Waals surface area contributed by atoms with Crippen LogP contribution in [-0.2, 0) is 49.1 Å². The van der Waals surface area contributed by atoms with Gasteiger partial charge in [0.05, 0.1) is 22.4 Å². The summed E-state index contributed by atoms with van der Waals surface area (Å²) in [4.78, 5) is 32.5. The number of aliphatic carboxylic acids is 2. The maximum Gasteiger partial charge on any atom is 0.320 e. The Balaban J connectivity index is 0.990. The lowest BCUT2D eigenvalue weighted by atomic mass is 9.92. The van der Waals surface area contributed by atoms with Crippen LogP contribution in [0.4, 0.5) is 0 Å². The molecule has 18 nitrogen and oxygen atoms in total. The predicted octanol–water partition coefficient (Wildman–Crippen LogP) is 7.99. The molecule has 2 unspecified atom stereocenters. The van der Waals surface area contributed by atoms with Gasteiger partial charge in [0, 0.05) is 83.9 Å². The van der Waals surface area contributed by atoms with Crippen molar-refractivity contribution in [2.24, 2.45) is 0 Å². The molecule has 0 bridgehead atoms. The fourth-order valence-corrected chi connectivity index (χ4v) is 8.57. The number of ether oxygens (including phenoxy) is 4. The zero-order chi connectivity index (χ0) is 50.7. The molecule has 2 atom stereocenters. The number of nitrogens with one attached hydrogen (secondary N) is 4. The van der Waals surface area contributed by atoms with Crippen molar-refractivity contribution in [3.05, 3.63) is 152 Å². The second-order valence-corrected chi connectivity index (χ2v) is 17.8. The lowest BCUT2D eigenvalue weighted by Crippen LogP contribution is -2.37. The van der Waals surface area contributed by atoms with Crippen molar-refractivity contribution in [2.75, 3.05) is 13.2 Å². The molecule has 0 fully saturated rings. The van der Waals surface area contributed by atoms with Gasteiger partial charge in [-0.2, -0.15) is 10.2 Å². The van der Waals surface area contributed by atoms with E-state index in [4.69, 9.17) is 42.1 Å². The molecule has 0 saturated heterocycles. The van der Waals surface area contributed by atoms with Gasteiger partial charge < -0.3 is 50.0 Å². The monoisotopic (exact) mass is 1020 g/mol. The van der Waals surface area contributed by atoms with Crippen LogP contribution in [0.2, 0.25) is 10.0 Å². The second-order valence-electron chi connectivity index (χ2n) is 17.0. The predicted molar refractivity (Wildman–Crippen MR) is 269 cm³/mol. The lowest BCUT2D eigenvalue weighted by Gasteiger charge is -2.20. The summed E-state index contributed by atoms with van der Waals surface area (Å²) in [5.41, 5.74) is 9.80. The molecule has 0 saturated carbocycles. The molecule has 20 heteroatoms. The zero-order valence-electron chi connectivity index (χ0n) is 39.2. The molecular weight excluding hydrogens is 968 g/mol. The van der Waals surface area contributed by atoms with E-state index in [-0.39, 0.29) is 65.6 Å². The zero-order valence-corrected chi connectivity index (χ0v) is 40.8. The molecule has 8 rings (SSSR count). The van der Waals surface area contributed by atoms with Gasteiger partial charge in [0.15, 0.2) is 11.3 Å². The molecule has 0 aliphatic carbocycles. The Morgan fingerprint density at radius 1 is 0.569 bits per heavy atom. The Hall–Kier alpha value is -7.32. The number of carboxylic acid groups (broad SMARTS) is 2. The number of aromatic amines is 2. The number of halogens is 2. The van der Waals surface area contributed by atoms with E-state index in [0.717, 1.165) is 55.3 Å². The van der Waals surface area contributed by atoms with Crippen LogP contribution in [0.15, 0.2) is 97.6 Å². The molecule has 4 heterocycles. The minimum Gasteiger partial charge on any atom is -0.488 e. The quantitative estimate of drug-likeness (QED) is 0.0270. The van der Waals surface area contributed by atoms with Gasteiger partial charge >= 0.3 is 11.9 Å². The molecule has 374 valence electrons. The average molecular weight is 1020 g/mol. The number of rotatable bonds is 25. The Bertz CT molecular complexity index is 2990. The molecule has 0 radical (unpaired) electrons. The summed E-state index contributed by atoms with van der Waals surface area (Å²) >= 11 is 13.7. The Labute approximate surface area is 423 Å². The fraction of sp³-hybridized carbons (Fsp3) is 0.269. The van der Waals surface area contributed by atoms with E-state index < -0.39 is 24.0 Å². The number of benzene rings is 4. The molecule has 0 spiro atoms. The number of hydrogen-bond acceptors (Lipinski definition) is 14. The third kappa shape index (κ3) is 12.4. The second kappa shape index (κ2) is 23.7. The highest BCUT2D eigenvalue weighted by Gasteiger charge is 2.22. The first-order chi connectivity index (χ1) is 34.9. The summed E-state index contributed by atoms with van der Waals surface area (Å²) in [6.07, 6.45) is 6.75. The van der Waals surface area contributed by atoms with Gasteiger partial charge in [0.2, 0.25) is 0 Å². The highest BCUT2D eigenvalue weighted by atomic mass is 35.5. The SMILES string of the molecule is Cc1c(COc2cc(OCc3cnc4[nH]ncc4c3)c(CNC(CCO)C(=O)O)cc2Cl)cccc1-c1cccc(COc2cc(OCc3cnc4[nH]ncc4c3)c(CNC(CCO)C(=O)O)cc2Cl)c1C. The maximum absolute atomic E-state index is 11.9. The molecule has 0 amide bonds. The number of carboxylic acids is 2. The van der Waals surface area contributed by atoms with E-state index in [1.165, 1.54) is 0 Å². The largest absolute Gasteiger partial charge is 0.488 e. The maximum atomic E-state index is 11.9. The Morgan fingerprint density at radius 3 is 1.39 bits per heavy atom. The molecule has 8 aromatic rings. The normalized spacial score (nSPS) is 12.2. The summed E-state index contributed by atoms with van der Waals surface area (Å²) in [6, 6.07) is 20.6. The van der Waals surface area contributed by atoms with E-state index in [1.807, 2.05) is 62.4 Å². The molecule has 4 aromatic heterocycles. The van der Waals surface area contributed by atoms with Crippen LogP contribution in [0.25, 0.3) is 33.2 Å². The first-order valence-electron chi connectivity index (χ1n) is 22.9. The number of aliphatic hydroxyl groups excluding tert-OH is 2. The van der Waals surface area contributed by atoms with E-state index in [0.29, 0.717) is 55.5 Å². The Morgan fingerprint density at radius 2 is 0.986 bits per heavy atom. The van der Waals surface area contributed by atoms with Gasteiger partial charge in [0.25, 0.3) is 0 Å². The van der Waals surface area contributed by atoms with E-state index in [2.05, 4.69) is 41.0 Å². The summed E-state index contributed by atoms with van der Waals surface area (Å²) < 4.78 is 25.4. The first-order valence-corrected chi connectivity index (χ1v) is 23.7. The molecule has 8 N–H and O–H groups in total. The molecule has 0 aliphatic heterocycles. The minimum atomic E-state index is -1.09. The van der Waals surface area contributed by atoms with E-state index in [9.17, 15) is 30.0 Å². The van der Waals surface area contributed by atoms with Crippen LogP contribution >= 0.6 is 23.2 Å². The Kier molecular flexibility index (Phi) is 16.8. The molecule has 4 aromatic carbocycles. The third-order valence-corrected chi connectivity index (χ3v) is 12.8. The standard InChI is InChI=1S/C52H52Cl2N8O10/c1-29-33(27-71-47-17-45(69-25-31-13-37-23-59-61-49(37)57-19-31)35(15-41(47)53)21-55-43(9-11-63)51(65)66)5-3-7-39(29)40-8-4-6-34(30(40)2)28-72-48-18-46(70-26-32-14-38-24-60-62-50(38)58-20-32)36(16-42(48)54)22-56-44(10-12-64)52(67)68/h3-8,13-20,23-24,43-44,55-56,63-64H,9-12,21-22,25-28H2,1-2H3,(H,65,66)(H,67,68)(H,57,59,61)(H,58,60,62). The van der Waals surface area contributed by atoms with Crippen LogP contribution in [0.3, 0.4) is 0 Å². The van der Waals surface area contributed by atoms with E-state index in [1.54, 1.807) is 49.1 Å². The summed E-state index contributed by atoms with van der Waals surface area (Å²) in [5.74, 6) is -0.617. The number of carbonyl (C=O) groups is 2. The van der Waals surface area contributed by atoms with Crippen molar-refractivity contribution in [1.29, 1.82) is 0 Å². The summed E-state index contributed by atoms with van der Waals surface area (Å²) in [7, 11) is 0. The fourth-order valence-electron chi connectivity index (χ4n) is 8.09. The minimum absolute atomic E-state index is 0.0187. The number of H-pyrrole nitrogens is 2. The van der Waals surface area contributed by atoms with Crippen molar-refractivity contribution in [3.63, 3.8) is 0 Å². The average Bonchev–Trinajstić information content (AvgIpc) is 4.05. The summed E-state index contributed by atoms with van der Waals surface area (Å²) in [5, 5.41) is 60.2. The first kappa shape index (κ1) is 51.0. The van der Waals surface area contributed by atoms with Crippen molar-refractivity contribution >= 4 is 57.2 Å². The lowest BCUT2D eigenvalue weighted by molar-refractivity contribution is -0.140. The number of aromatic nitrogens is 6.